The summed E-state index contributed by atoms with van der Waals surface area (Å²) in [5.41, 5.74) is 1.51. The molecule has 1 aromatic heterocycles. The van der Waals surface area contributed by atoms with Crippen molar-refractivity contribution in [3.8, 4) is 6.07 Å². The number of rotatable bonds is 4. The number of nitriles is 1. The van der Waals surface area contributed by atoms with E-state index in [-0.39, 0.29) is 5.41 Å². The Balaban J connectivity index is 1.80. The first-order valence-corrected chi connectivity index (χ1v) is 6.88. The minimum absolute atomic E-state index is 0.159. The van der Waals surface area contributed by atoms with E-state index in [9.17, 15) is 0 Å². The molecule has 1 heterocycles. The smallest absolute Gasteiger partial charge is 0.0655 e. The van der Waals surface area contributed by atoms with Gasteiger partial charge >= 0.3 is 0 Å². The molecular weight excluding hydrogens is 222 g/mol. The van der Waals surface area contributed by atoms with Gasteiger partial charge in [-0.25, -0.2) is 0 Å². The molecule has 3 heteroatoms. The normalized spacial score (nSPS) is 24.7. The van der Waals surface area contributed by atoms with E-state index in [1.807, 2.05) is 6.20 Å². The van der Waals surface area contributed by atoms with Crippen LogP contribution in [-0.4, -0.2) is 17.6 Å². The maximum absolute atomic E-state index is 8.89. The van der Waals surface area contributed by atoms with Crippen LogP contribution in [0.2, 0.25) is 0 Å². The average molecular weight is 245 g/mol. The molecule has 0 radical (unpaired) electrons. The van der Waals surface area contributed by atoms with E-state index in [1.165, 1.54) is 5.56 Å². The van der Waals surface area contributed by atoms with E-state index in [0.717, 1.165) is 32.2 Å². The molecule has 1 aromatic rings. The van der Waals surface area contributed by atoms with E-state index < -0.39 is 0 Å². The van der Waals surface area contributed by atoms with Gasteiger partial charge in [-0.05, 0) is 37.3 Å². The SMILES string of the molecule is CC(C)(CNC1CCC(C#N)CC1)c1cc[nH]c1. The molecule has 0 unspecified atom stereocenters. The summed E-state index contributed by atoms with van der Waals surface area (Å²) in [7, 11) is 0. The Morgan fingerprint density at radius 1 is 1.39 bits per heavy atom. The second kappa shape index (κ2) is 5.58. The van der Waals surface area contributed by atoms with Gasteiger partial charge in [0.05, 0.1) is 6.07 Å². The highest BCUT2D eigenvalue weighted by Crippen LogP contribution is 2.26. The van der Waals surface area contributed by atoms with E-state index >= 15 is 0 Å². The van der Waals surface area contributed by atoms with Crippen LogP contribution in [0, 0.1) is 17.2 Å². The first-order valence-electron chi connectivity index (χ1n) is 6.88. The summed E-state index contributed by atoms with van der Waals surface area (Å²) in [5.74, 6) is 0.292. The molecule has 0 spiro atoms. The molecule has 1 aliphatic rings. The predicted octanol–water partition coefficient (Wildman–Crippen LogP) is 2.96. The minimum Gasteiger partial charge on any atom is -0.367 e. The Labute approximate surface area is 110 Å². The lowest BCUT2D eigenvalue weighted by atomic mass is 9.84. The van der Waals surface area contributed by atoms with Crippen LogP contribution < -0.4 is 5.32 Å². The van der Waals surface area contributed by atoms with Gasteiger partial charge in [-0.15, -0.1) is 0 Å². The standard InChI is InChI=1S/C15H23N3/c1-15(2,13-7-8-17-10-13)11-18-14-5-3-12(9-16)4-6-14/h7-8,10,12,14,17-18H,3-6,11H2,1-2H3. The second-order valence-electron chi connectivity index (χ2n) is 6.04. The van der Waals surface area contributed by atoms with Crippen molar-refractivity contribution in [2.45, 2.75) is 51.0 Å². The third-order valence-electron chi connectivity index (χ3n) is 4.12. The summed E-state index contributed by atoms with van der Waals surface area (Å²) in [6.45, 7) is 5.53. The van der Waals surface area contributed by atoms with Crippen molar-refractivity contribution in [3.63, 3.8) is 0 Å². The lowest BCUT2D eigenvalue weighted by molar-refractivity contribution is 0.311. The van der Waals surface area contributed by atoms with Crippen molar-refractivity contribution in [1.29, 1.82) is 5.26 Å². The first kappa shape index (κ1) is 13.2. The molecule has 0 amide bonds. The van der Waals surface area contributed by atoms with E-state index in [4.69, 9.17) is 5.26 Å². The van der Waals surface area contributed by atoms with Crippen molar-refractivity contribution < 1.29 is 0 Å². The lowest BCUT2D eigenvalue weighted by Crippen LogP contribution is -2.40. The quantitative estimate of drug-likeness (QED) is 0.857. The summed E-state index contributed by atoms with van der Waals surface area (Å²) in [4.78, 5) is 3.12. The first-order chi connectivity index (χ1) is 8.62. The summed E-state index contributed by atoms with van der Waals surface area (Å²) in [6.07, 6.45) is 8.45. The third kappa shape index (κ3) is 3.14. The van der Waals surface area contributed by atoms with Crippen molar-refractivity contribution in [1.82, 2.24) is 10.3 Å². The minimum atomic E-state index is 0.159. The van der Waals surface area contributed by atoms with Crippen LogP contribution >= 0.6 is 0 Å². The molecular formula is C15H23N3. The van der Waals surface area contributed by atoms with Crippen molar-refractivity contribution in [2.75, 3.05) is 6.54 Å². The Bertz CT molecular complexity index is 392. The van der Waals surface area contributed by atoms with Crippen LogP contribution in [0.3, 0.4) is 0 Å². The molecule has 0 bridgehead atoms. The Morgan fingerprint density at radius 3 is 2.67 bits per heavy atom. The number of nitrogens with zero attached hydrogens (tertiary/aromatic N) is 1. The van der Waals surface area contributed by atoms with Gasteiger partial charge < -0.3 is 10.3 Å². The molecule has 0 atom stereocenters. The topological polar surface area (TPSA) is 51.6 Å². The van der Waals surface area contributed by atoms with E-state index in [1.54, 1.807) is 0 Å². The number of H-pyrrole nitrogens is 1. The van der Waals surface area contributed by atoms with Gasteiger partial charge in [0.25, 0.3) is 0 Å². The van der Waals surface area contributed by atoms with Crippen LogP contribution in [0.4, 0.5) is 0 Å². The van der Waals surface area contributed by atoms with Crippen LogP contribution in [0.1, 0.15) is 45.1 Å². The van der Waals surface area contributed by atoms with Crippen molar-refractivity contribution in [3.05, 3.63) is 24.0 Å². The van der Waals surface area contributed by atoms with Crippen LogP contribution in [0.25, 0.3) is 0 Å². The zero-order valence-electron chi connectivity index (χ0n) is 11.4. The van der Waals surface area contributed by atoms with Gasteiger partial charge in [-0.1, -0.05) is 13.8 Å². The summed E-state index contributed by atoms with van der Waals surface area (Å²) >= 11 is 0. The largest absolute Gasteiger partial charge is 0.367 e. The van der Waals surface area contributed by atoms with Gasteiger partial charge in [0.15, 0.2) is 0 Å². The Morgan fingerprint density at radius 2 is 2.11 bits per heavy atom. The van der Waals surface area contributed by atoms with Crippen LogP contribution in [0.15, 0.2) is 18.5 Å². The predicted molar refractivity (Wildman–Crippen MR) is 73.2 cm³/mol. The molecule has 1 saturated carbocycles. The van der Waals surface area contributed by atoms with E-state index in [0.29, 0.717) is 12.0 Å². The van der Waals surface area contributed by atoms with E-state index in [2.05, 4.69) is 42.5 Å². The summed E-state index contributed by atoms with van der Waals surface area (Å²) in [5, 5.41) is 12.6. The molecule has 0 aromatic carbocycles. The highest BCUT2D eigenvalue weighted by Gasteiger charge is 2.25. The van der Waals surface area contributed by atoms with Gasteiger partial charge in [0, 0.05) is 36.3 Å². The van der Waals surface area contributed by atoms with Gasteiger partial charge in [-0.3, -0.25) is 0 Å². The maximum atomic E-state index is 8.89. The fourth-order valence-corrected chi connectivity index (χ4v) is 2.67. The number of nitrogens with one attached hydrogen (secondary N) is 2. The van der Waals surface area contributed by atoms with Crippen LogP contribution in [0.5, 0.6) is 0 Å². The Kier molecular flexibility index (Phi) is 4.08. The average Bonchev–Trinajstić information content (AvgIpc) is 2.92. The molecule has 2 rings (SSSR count). The lowest BCUT2D eigenvalue weighted by Gasteiger charge is -2.31. The number of hydrogen-bond donors (Lipinski definition) is 2. The zero-order valence-corrected chi connectivity index (χ0v) is 11.4. The zero-order chi connectivity index (χ0) is 13.0. The van der Waals surface area contributed by atoms with Crippen molar-refractivity contribution >= 4 is 0 Å². The monoisotopic (exact) mass is 245 g/mol. The molecule has 0 aliphatic heterocycles. The second-order valence-corrected chi connectivity index (χ2v) is 6.04. The molecule has 1 aliphatic carbocycles. The van der Waals surface area contributed by atoms with Gasteiger partial charge in [0.2, 0.25) is 0 Å². The van der Waals surface area contributed by atoms with Crippen molar-refractivity contribution in [2.24, 2.45) is 5.92 Å². The highest BCUT2D eigenvalue weighted by atomic mass is 14.9. The summed E-state index contributed by atoms with van der Waals surface area (Å²) in [6, 6.07) is 5.12. The fraction of sp³-hybridized carbons (Fsp3) is 0.667. The molecule has 2 N–H and O–H groups in total. The Hall–Kier alpha value is -1.27. The molecule has 0 saturated heterocycles. The summed E-state index contributed by atoms with van der Waals surface area (Å²) < 4.78 is 0. The molecule has 18 heavy (non-hydrogen) atoms. The maximum Gasteiger partial charge on any atom is 0.0655 e. The molecule has 1 fully saturated rings. The van der Waals surface area contributed by atoms with Gasteiger partial charge in [-0.2, -0.15) is 5.26 Å². The highest BCUT2D eigenvalue weighted by molar-refractivity contribution is 5.20. The number of hydrogen-bond acceptors (Lipinski definition) is 2. The number of aromatic nitrogens is 1. The fourth-order valence-electron chi connectivity index (χ4n) is 2.67. The molecule has 3 nitrogen and oxygen atoms in total. The van der Waals surface area contributed by atoms with Crippen LogP contribution in [-0.2, 0) is 5.41 Å². The number of aromatic amines is 1. The third-order valence-corrected chi connectivity index (χ3v) is 4.12. The molecule has 98 valence electrons. The van der Waals surface area contributed by atoms with Gasteiger partial charge in [0.1, 0.15) is 0 Å².